The SMILES string of the molecule is COc1ccc(C(=O)Nc2ccccc2SC)cc1COc1ccc(Cl)c(C)c1. The summed E-state index contributed by atoms with van der Waals surface area (Å²) in [4.78, 5) is 13.8. The Labute approximate surface area is 180 Å². The number of methoxy groups -OCH3 is 1. The average Bonchev–Trinajstić information content (AvgIpc) is 2.74. The largest absolute Gasteiger partial charge is 0.496 e. The number of para-hydroxylation sites is 1. The van der Waals surface area contributed by atoms with Crippen LogP contribution in [-0.4, -0.2) is 19.3 Å². The number of hydrogen-bond acceptors (Lipinski definition) is 4. The van der Waals surface area contributed by atoms with Gasteiger partial charge >= 0.3 is 0 Å². The van der Waals surface area contributed by atoms with Gasteiger partial charge in [0.1, 0.15) is 18.1 Å². The fourth-order valence-electron chi connectivity index (χ4n) is 2.84. The summed E-state index contributed by atoms with van der Waals surface area (Å²) >= 11 is 7.65. The van der Waals surface area contributed by atoms with Gasteiger partial charge in [0.2, 0.25) is 0 Å². The van der Waals surface area contributed by atoms with Crippen molar-refractivity contribution in [3.05, 3.63) is 82.4 Å². The van der Waals surface area contributed by atoms with Crippen LogP contribution < -0.4 is 14.8 Å². The lowest BCUT2D eigenvalue weighted by Crippen LogP contribution is -2.13. The van der Waals surface area contributed by atoms with Crippen molar-refractivity contribution in [3.63, 3.8) is 0 Å². The molecule has 0 radical (unpaired) electrons. The first-order valence-electron chi connectivity index (χ1n) is 9.02. The van der Waals surface area contributed by atoms with Gasteiger partial charge < -0.3 is 14.8 Å². The Kier molecular flexibility index (Phi) is 7.07. The van der Waals surface area contributed by atoms with Crippen LogP contribution in [0.1, 0.15) is 21.5 Å². The molecule has 0 aromatic heterocycles. The number of rotatable bonds is 7. The topological polar surface area (TPSA) is 47.6 Å². The number of carbonyl (C=O) groups is 1. The maximum atomic E-state index is 12.8. The number of benzene rings is 3. The van der Waals surface area contributed by atoms with E-state index in [0.717, 1.165) is 21.7 Å². The number of amides is 1. The molecule has 29 heavy (non-hydrogen) atoms. The summed E-state index contributed by atoms with van der Waals surface area (Å²) in [5.74, 6) is 1.19. The van der Waals surface area contributed by atoms with Crippen molar-refractivity contribution in [2.75, 3.05) is 18.7 Å². The zero-order valence-corrected chi connectivity index (χ0v) is 18.1. The lowest BCUT2D eigenvalue weighted by molar-refractivity contribution is 0.102. The van der Waals surface area contributed by atoms with Gasteiger partial charge in [-0.15, -0.1) is 11.8 Å². The molecule has 0 saturated heterocycles. The first-order valence-corrected chi connectivity index (χ1v) is 10.6. The normalized spacial score (nSPS) is 10.5. The number of halogens is 1. The predicted molar refractivity (Wildman–Crippen MR) is 120 cm³/mol. The summed E-state index contributed by atoms with van der Waals surface area (Å²) in [5.41, 5.74) is 3.05. The van der Waals surface area contributed by atoms with Crippen molar-refractivity contribution in [3.8, 4) is 11.5 Å². The lowest BCUT2D eigenvalue weighted by Gasteiger charge is -2.14. The zero-order valence-electron chi connectivity index (χ0n) is 16.5. The maximum Gasteiger partial charge on any atom is 0.255 e. The van der Waals surface area contributed by atoms with Gasteiger partial charge in [-0.3, -0.25) is 4.79 Å². The molecule has 3 aromatic rings. The number of hydrogen-bond donors (Lipinski definition) is 1. The van der Waals surface area contributed by atoms with E-state index < -0.39 is 0 Å². The molecule has 0 atom stereocenters. The van der Waals surface area contributed by atoms with Gasteiger partial charge in [0.15, 0.2) is 0 Å². The highest BCUT2D eigenvalue weighted by Crippen LogP contribution is 2.27. The molecule has 1 N–H and O–H groups in total. The number of ether oxygens (including phenoxy) is 2. The minimum Gasteiger partial charge on any atom is -0.496 e. The third-order valence-corrected chi connectivity index (χ3v) is 5.64. The lowest BCUT2D eigenvalue weighted by atomic mass is 10.1. The van der Waals surface area contributed by atoms with E-state index in [9.17, 15) is 4.79 Å². The number of carbonyl (C=O) groups excluding carboxylic acids is 1. The Morgan fingerprint density at radius 3 is 2.62 bits per heavy atom. The zero-order chi connectivity index (χ0) is 20.8. The fourth-order valence-corrected chi connectivity index (χ4v) is 3.51. The van der Waals surface area contributed by atoms with Crippen LogP contribution in [0.25, 0.3) is 0 Å². The second-order valence-corrected chi connectivity index (χ2v) is 7.64. The summed E-state index contributed by atoms with van der Waals surface area (Å²) in [5, 5.41) is 3.67. The molecule has 1 amide bonds. The van der Waals surface area contributed by atoms with Crippen LogP contribution in [0, 0.1) is 6.92 Å². The van der Waals surface area contributed by atoms with Crippen molar-refractivity contribution in [1.82, 2.24) is 0 Å². The predicted octanol–water partition coefficient (Wildman–Crippen LogP) is 6.21. The van der Waals surface area contributed by atoms with Crippen molar-refractivity contribution >= 4 is 35.0 Å². The molecule has 6 heteroatoms. The molecule has 4 nitrogen and oxygen atoms in total. The van der Waals surface area contributed by atoms with Gasteiger partial charge in [-0.05, 0) is 67.3 Å². The van der Waals surface area contributed by atoms with Crippen LogP contribution in [0.3, 0.4) is 0 Å². The van der Waals surface area contributed by atoms with E-state index in [0.29, 0.717) is 22.1 Å². The third kappa shape index (κ3) is 5.25. The molecule has 0 unspecified atom stereocenters. The van der Waals surface area contributed by atoms with E-state index in [-0.39, 0.29) is 12.5 Å². The molecular formula is C23H22ClNO3S. The fraction of sp³-hybridized carbons (Fsp3) is 0.174. The smallest absolute Gasteiger partial charge is 0.255 e. The molecule has 150 valence electrons. The Balaban J connectivity index is 1.78. The van der Waals surface area contributed by atoms with E-state index in [1.807, 2.05) is 49.6 Å². The molecule has 3 rings (SSSR count). The highest BCUT2D eigenvalue weighted by atomic mass is 35.5. The van der Waals surface area contributed by atoms with Crippen LogP contribution in [0.4, 0.5) is 5.69 Å². The number of aryl methyl sites for hydroxylation is 1. The molecule has 0 saturated carbocycles. The Morgan fingerprint density at radius 1 is 1.10 bits per heavy atom. The average molecular weight is 428 g/mol. The standard InChI is InChI=1S/C23H22ClNO3S/c1-15-12-18(9-10-19(15)24)28-14-17-13-16(8-11-21(17)27-2)23(26)25-20-6-4-5-7-22(20)29-3/h4-13H,14H2,1-3H3,(H,25,26). The van der Waals surface area contributed by atoms with E-state index in [2.05, 4.69) is 5.32 Å². The molecular weight excluding hydrogens is 406 g/mol. The van der Waals surface area contributed by atoms with Crippen molar-refractivity contribution in [2.24, 2.45) is 0 Å². The molecule has 0 heterocycles. The van der Waals surface area contributed by atoms with E-state index in [1.54, 1.807) is 43.1 Å². The minimum absolute atomic E-state index is 0.183. The van der Waals surface area contributed by atoms with Gasteiger partial charge in [-0.25, -0.2) is 0 Å². The monoisotopic (exact) mass is 427 g/mol. The van der Waals surface area contributed by atoms with Gasteiger partial charge in [0.05, 0.1) is 12.8 Å². The van der Waals surface area contributed by atoms with Gasteiger partial charge in [0, 0.05) is 21.0 Å². The molecule has 0 bridgehead atoms. The molecule has 0 spiro atoms. The van der Waals surface area contributed by atoms with Crippen LogP contribution >= 0.6 is 23.4 Å². The molecule has 0 aliphatic rings. The van der Waals surface area contributed by atoms with Crippen LogP contribution in [0.2, 0.25) is 5.02 Å². The van der Waals surface area contributed by atoms with Gasteiger partial charge in [-0.2, -0.15) is 0 Å². The Morgan fingerprint density at radius 2 is 1.90 bits per heavy atom. The van der Waals surface area contributed by atoms with E-state index >= 15 is 0 Å². The summed E-state index contributed by atoms with van der Waals surface area (Å²) in [7, 11) is 1.60. The van der Waals surface area contributed by atoms with Crippen molar-refractivity contribution in [2.45, 2.75) is 18.4 Å². The molecule has 0 aliphatic heterocycles. The Bertz CT molecular complexity index is 1020. The summed E-state index contributed by atoms with van der Waals surface area (Å²) in [6, 6.07) is 18.5. The number of nitrogens with one attached hydrogen (secondary N) is 1. The van der Waals surface area contributed by atoms with Crippen molar-refractivity contribution < 1.29 is 14.3 Å². The van der Waals surface area contributed by atoms with E-state index in [1.165, 1.54) is 0 Å². The summed E-state index contributed by atoms with van der Waals surface area (Å²) < 4.78 is 11.3. The first kappa shape index (κ1) is 21.1. The van der Waals surface area contributed by atoms with Crippen LogP contribution in [0.15, 0.2) is 65.6 Å². The first-order chi connectivity index (χ1) is 14.0. The molecule has 0 fully saturated rings. The Hall–Kier alpha value is -2.63. The second-order valence-electron chi connectivity index (χ2n) is 6.38. The van der Waals surface area contributed by atoms with Gasteiger partial charge in [0.25, 0.3) is 5.91 Å². The number of thioether (sulfide) groups is 1. The van der Waals surface area contributed by atoms with Crippen LogP contribution in [-0.2, 0) is 6.61 Å². The van der Waals surface area contributed by atoms with Gasteiger partial charge in [-0.1, -0.05) is 23.7 Å². The van der Waals surface area contributed by atoms with Crippen LogP contribution in [0.5, 0.6) is 11.5 Å². The third-order valence-electron chi connectivity index (χ3n) is 4.42. The van der Waals surface area contributed by atoms with Crippen molar-refractivity contribution in [1.29, 1.82) is 0 Å². The minimum atomic E-state index is -0.183. The maximum absolute atomic E-state index is 12.8. The highest BCUT2D eigenvalue weighted by molar-refractivity contribution is 7.98. The molecule has 0 aliphatic carbocycles. The van der Waals surface area contributed by atoms with E-state index in [4.69, 9.17) is 21.1 Å². The summed E-state index contributed by atoms with van der Waals surface area (Å²) in [6.45, 7) is 2.19. The quantitative estimate of drug-likeness (QED) is 0.455. The highest BCUT2D eigenvalue weighted by Gasteiger charge is 2.13. The molecule has 3 aromatic carbocycles. The number of anilines is 1. The summed E-state index contributed by atoms with van der Waals surface area (Å²) in [6.07, 6.45) is 1.98. The second kappa shape index (κ2) is 9.72.